The molecule has 0 radical (unpaired) electrons. The van der Waals surface area contributed by atoms with Crippen LogP contribution in [0.1, 0.15) is 44.0 Å². The number of hydrogen-bond acceptors (Lipinski definition) is 7. The van der Waals surface area contributed by atoms with Gasteiger partial charge in [0.15, 0.2) is 5.76 Å². The minimum Gasteiger partial charge on any atom is -0.477 e. The number of halogens is 1. The first-order chi connectivity index (χ1) is 15.0. The van der Waals surface area contributed by atoms with Crippen molar-refractivity contribution in [1.82, 2.24) is 24.9 Å². The third-order valence-electron chi connectivity index (χ3n) is 4.84. The normalized spacial score (nSPS) is 11.4. The number of aryl methyl sites for hydroxylation is 1. The highest BCUT2D eigenvalue weighted by atomic mass is 19.1. The third kappa shape index (κ3) is 4.08. The maximum Gasteiger partial charge on any atom is 0.222 e. The molecule has 0 saturated carbocycles. The number of rotatable bonds is 8. The highest BCUT2D eigenvalue weighted by Crippen LogP contribution is 2.34. The van der Waals surface area contributed by atoms with Crippen molar-refractivity contribution >= 4 is 16.7 Å². The zero-order valence-electron chi connectivity index (χ0n) is 18.0. The van der Waals surface area contributed by atoms with Crippen molar-refractivity contribution in [2.24, 2.45) is 0 Å². The zero-order chi connectivity index (χ0) is 22.0. The SMILES string of the molecule is CCOc1ncccc1-c1cc(NCc2cc(CF)no2)c2c(n1)c(C)nn2C(C)C. The molecule has 0 bridgehead atoms. The standard InChI is InChI=1S/C22H25FN6O2/c1-5-30-22-17(7-6-8-24-22)18-10-19(25-12-16-9-15(11-23)28-31-16)21-20(26-18)14(4)27-29(21)13(2)3/h6-10,13H,5,11-12H2,1-4H3,(H,25,26). The number of alkyl halides is 1. The molecule has 4 heterocycles. The molecule has 0 atom stereocenters. The van der Waals surface area contributed by atoms with Crippen LogP contribution < -0.4 is 10.1 Å². The van der Waals surface area contributed by atoms with Crippen molar-refractivity contribution in [3.05, 3.63) is 47.6 Å². The van der Waals surface area contributed by atoms with Crippen LogP contribution in [-0.4, -0.2) is 31.5 Å². The van der Waals surface area contributed by atoms with E-state index in [0.717, 1.165) is 33.7 Å². The molecule has 0 aliphatic heterocycles. The highest BCUT2D eigenvalue weighted by Gasteiger charge is 2.19. The van der Waals surface area contributed by atoms with Crippen LogP contribution in [0, 0.1) is 6.92 Å². The van der Waals surface area contributed by atoms with E-state index in [2.05, 4.69) is 29.3 Å². The molecule has 162 valence electrons. The maximum absolute atomic E-state index is 12.8. The minimum absolute atomic E-state index is 0.144. The van der Waals surface area contributed by atoms with Crippen molar-refractivity contribution in [2.45, 2.75) is 47.0 Å². The van der Waals surface area contributed by atoms with Crippen LogP contribution in [0.2, 0.25) is 0 Å². The zero-order valence-corrected chi connectivity index (χ0v) is 18.0. The molecule has 0 amide bonds. The van der Waals surface area contributed by atoms with E-state index in [1.165, 1.54) is 0 Å². The second-order valence-electron chi connectivity index (χ2n) is 7.44. The summed E-state index contributed by atoms with van der Waals surface area (Å²) < 4.78 is 25.7. The summed E-state index contributed by atoms with van der Waals surface area (Å²) in [4.78, 5) is 9.25. The Morgan fingerprint density at radius 2 is 2.13 bits per heavy atom. The van der Waals surface area contributed by atoms with Crippen molar-refractivity contribution in [3.8, 4) is 17.1 Å². The van der Waals surface area contributed by atoms with Crippen molar-refractivity contribution in [3.63, 3.8) is 0 Å². The predicted molar refractivity (Wildman–Crippen MR) is 116 cm³/mol. The largest absolute Gasteiger partial charge is 0.477 e. The van der Waals surface area contributed by atoms with E-state index in [4.69, 9.17) is 19.3 Å². The third-order valence-corrected chi connectivity index (χ3v) is 4.84. The Morgan fingerprint density at radius 1 is 1.29 bits per heavy atom. The minimum atomic E-state index is -0.659. The van der Waals surface area contributed by atoms with Crippen LogP contribution in [0.3, 0.4) is 0 Å². The lowest BCUT2D eigenvalue weighted by molar-refractivity contribution is 0.328. The summed E-state index contributed by atoms with van der Waals surface area (Å²) in [6, 6.07) is 7.49. The van der Waals surface area contributed by atoms with Gasteiger partial charge in [0.2, 0.25) is 5.88 Å². The maximum atomic E-state index is 12.8. The van der Waals surface area contributed by atoms with Crippen LogP contribution in [-0.2, 0) is 13.2 Å². The van der Waals surface area contributed by atoms with E-state index in [1.807, 2.05) is 36.7 Å². The molecule has 31 heavy (non-hydrogen) atoms. The molecule has 0 spiro atoms. The fourth-order valence-corrected chi connectivity index (χ4v) is 3.45. The summed E-state index contributed by atoms with van der Waals surface area (Å²) in [5, 5.41) is 11.8. The topological polar surface area (TPSA) is 90.9 Å². The van der Waals surface area contributed by atoms with E-state index >= 15 is 0 Å². The van der Waals surface area contributed by atoms with Crippen LogP contribution in [0.4, 0.5) is 10.1 Å². The van der Waals surface area contributed by atoms with Gasteiger partial charge in [0.1, 0.15) is 23.4 Å². The molecule has 4 rings (SSSR count). The van der Waals surface area contributed by atoms with Gasteiger partial charge in [-0.2, -0.15) is 5.10 Å². The Balaban J connectivity index is 1.83. The van der Waals surface area contributed by atoms with Gasteiger partial charge in [-0.15, -0.1) is 0 Å². The quantitative estimate of drug-likeness (QED) is 0.432. The van der Waals surface area contributed by atoms with Crippen LogP contribution in [0.15, 0.2) is 35.0 Å². The van der Waals surface area contributed by atoms with Crippen molar-refractivity contribution in [1.29, 1.82) is 0 Å². The molecular weight excluding hydrogens is 399 g/mol. The summed E-state index contributed by atoms with van der Waals surface area (Å²) in [6.45, 7) is 8.20. The number of pyridine rings is 2. The molecule has 0 unspecified atom stereocenters. The van der Waals surface area contributed by atoms with Crippen molar-refractivity contribution in [2.75, 3.05) is 11.9 Å². The van der Waals surface area contributed by atoms with Gasteiger partial charge in [0, 0.05) is 18.3 Å². The van der Waals surface area contributed by atoms with E-state index in [1.54, 1.807) is 12.3 Å². The predicted octanol–water partition coefficient (Wildman–Crippen LogP) is 4.85. The number of anilines is 1. The van der Waals surface area contributed by atoms with Crippen LogP contribution >= 0.6 is 0 Å². The fraction of sp³-hybridized carbons (Fsp3) is 0.364. The van der Waals surface area contributed by atoms with E-state index < -0.39 is 6.67 Å². The van der Waals surface area contributed by atoms with Gasteiger partial charge in [-0.05, 0) is 45.9 Å². The summed E-state index contributed by atoms with van der Waals surface area (Å²) in [7, 11) is 0. The molecule has 9 heteroatoms. The lowest BCUT2D eigenvalue weighted by Gasteiger charge is -2.14. The number of hydrogen-bond donors (Lipinski definition) is 1. The molecule has 0 aromatic carbocycles. The Bertz CT molecular complexity index is 1200. The molecule has 4 aromatic rings. The monoisotopic (exact) mass is 424 g/mol. The summed E-state index contributed by atoms with van der Waals surface area (Å²) in [6.07, 6.45) is 1.70. The van der Waals surface area contributed by atoms with Crippen LogP contribution in [0.25, 0.3) is 22.3 Å². The van der Waals surface area contributed by atoms with E-state index in [9.17, 15) is 4.39 Å². The van der Waals surface area contributed by atoms with Crippen molar-refractivity contribution < 1.29 is 13.7 Å². The number of nitrogens with zero attached hydrogens (tertiary/aromatic N) is 5. The average Bonchev–Trinajstić information content (AvgIpc) is 3.37. The van der Waals surface area contributed by atoms with E-state index in [0.29, 0.717) is 24.8 Å². The highest BCUT2D eigenvalue weighted by molar-refractivity contribution is 5.93. The molecule has 0 aliphatic carbocycles. The molecule has 0 fully saturated rings. The van der Waals surface area contributed by atoms with Gasteiger partial charge in [-0.1, -0.05) is 5.16 Å². The van der Waals surface area contributed by atoms with Crippen LogP contribution in [0.5, 0.6) is 5.88 Å². The second-order valence-corrected chi connectivity index (χ2v) is 7.44. The Hall–Kier alpha value is -3.49. The van der Waals surface area contributed by atoms with Gasteiger partial charge in [-0.25, -0.2) is 14.4 Å². The van der Waals surface area contributed by atoms with E-state index in [-0.39, 0.29) is 11.7 Å². The number of aromatic nitrogens is 5. The van der Waals surface area contributed by atoms with Gasteiger partial charge in [0.05, 0.1) is 35.8 Å². The van der Waals surface area contributed by atoms with Gasteiger partial charge in [-0.3, -0.25) is 4.68 Å². The fourth-order valence-electron chi connectivity index (χ4n) is 3.45. The Morgan fingerprint density at radius 3 is 2.84 bits per heavy atom. The van der Waals surface area contributed by atoms with Gasteiger partial charge < -0.3 is 14.6 Å². The smallest absolute Gasteiger partial charge is 0.222 e. The summed E-state index contributed by atoms with van der Waals surface area (Å²) in [5.74, 6) is 1.07. The summed E-state index contributed by atoms with van der Waals surface area (Å²) in [5.41, 5.74) is 5.14. The molecule has 8 nitrogen and oxygen atoms in total. The number of nitrogens with one attached hydrogen (secondary N) is 1. The average molecular weight is 424 g/mol. The number of ether oxygens (including phenoxy) is 1. The molecule has 4 aromatic heterocycles. The molecule has 0 saturated heterocycles. The van der Waals surface area contributed by atoms with Gasteiger partial charge >= 0.3 is 0 Å². The molecular formula is C22H25FN6O2. The lowest BCUT2D eigenvalue weighted by atomic mass is 10.1. The Labute approximate surface area is 179 Å². The first kappa shape index (κ1) is 20.8. The first-order valence-corrected chi connectivity index (χ1v) is 10.2. The van der Waals surface area contributed by atoms with Gasteiger partial charge in [0.25, 0.3) is 0 Å². The number of fused-ring (bicyclic) bond motifs is 1. The summed E-state index contributed by atoms with van der Waals surface area (Å²) >= 11 is 0. The Kier molecular flexibility index (Phi) is 5.83. The molecule has 0 aliphatic rings. The second kappa shape index (κ2) is 8.71. The molecule has 1 N–H and O–H groups in total. The lowest BCUT2D eigenvalue weighted by Crippen LogP contribution is -2.07. The first-order valence-electron chi connectivity index (χ1n) is 10.2.